The summed E-state index contributed by atoms with van der Waals surface area (Å²) >= 11 is 1.54. The van der Waals surface area contributed by atoms with Gasteiger partial charge in [-0.25, -0.2) is 4.98 Å². The average molecular weight is 342 g/mol. The van der Waals surface area contributed by atoms with Gasteiger partial charge in [0.25, 0.3) is 5.91 Å². The molecule has 4 rings (SSSR count). The molecule has 126 valence electrons. The first-order valence-electron chi connectivity index (χ1n) is 8.60. The number of hydrogen-bond donors (Lipinski definition) is 0. The van der Waals surface area contributed by atoms with Gasteiger partial charge in [-0.15, -0.1) is 11.3 Å². The Morgan fingerprint density at radius 3 is 2.75 bits per heavy atom. The molecule has 5 nitrogen and oxygen atoms in total. The van der Waals surface area contributed by atoms with E-state index in [2.05, 4.69) is 19.8 Å². The highest BCUT2D eigenvalue weighted by atomic mass is 32.1. The first kappa shape index (κ1) is 15.6. The molecule has 0 aromatic carbocycles. The molecule has 0 atom stereocenters. The van der Waals surface area contributed by atoms with Crippen LogP contribution in [0.4, 0.5) is 5.82 Å². The zero-order chi connectivity index (χ0) is 16.4. The molecule has 4 heterocycles. The highest BCUT2D eigenvalue weighted by molar-refractivity contribution is 7.12. The van der Waals surface area contributed by atoms with Gasteiger partial charge in [-0.05, 0) is 42.5 Å². The number of carbonyl (C=O) groups excluding carboxylic acids is 1. The molecule has 2 aromatic rings. The van der Waals surface area contributed by atoms with Crippen molar-refractivity contribution in [2.24, 2.45) is 5.41 Å². The molecule has 2 aliphatic heterocycles. The number of aromatic nitrogens is 2. The molecule has 2 fully saturated rings. The lowest BCUT2D eigenvalue weighted by Crippen LogP contribution is -2.51. The van der Waals surface area contributed by atoms with E-state index in [1.807, 2.05) is 23.7 Å². The summed E-state index contributed by atoms with van der Waals surface area (Å²) in [6, 6.07) is 3.89. The second-order valence-corrected chi connectivity index (χ2v) is 7.81. The Hall–Kier alpha value is -1.95. The fourth-order valence-electron chi connectivity index (χ4n) is 4.01. The number of thiophene rings is 1. The number of piperidine rings is 2. The summed E-state index contributed by atoms with van der Waals surface area (Å²) in [6.45, 7) is 3.80. The maximum atomic E-state index is 12.7. The van der Waals surface area contributed by atoms with Crippen molar-refractivity contribution in [2.75, 3.05) is 31.1 Å². The lowest BCUT2D eigenvalue weighted by atomic mass is 9.72. The second kappa shape index (κ2) is 6.51. The summed E-state index contributed by atoms with van der Waals surface area (Å²) in [5.74, 6) is 1.18. The number of amides is 1. The molecule has 0 radical (unpaired) electrons. The van der Waals surface area contributed by atoms with Crippen LogP contribution >= 0.6 is 11.3 Å². The highest BCUT2D eigenvalue weighted by Crippen LogP contribution is 2.40. The van der Waals surface area contributed by atoms with Crippen LogP contribution in [0.3, 0.4) is 0 Å². The minimum absolute atomic E-state index is 0.209. The Labute approximate surface area is 146 Å². The van der Waals surface area contributed by atoms with E-state index in [0.717, 1.165) is 56.1 Å². The minimum Gasteiger partial charge on any atom is -0.355 e. The van der Waals surface area contributed by atoms with Crippen molar-refractivity contribution >= 4 is 23.1 Å². The van der Waals surface area contributed by atoms with Crippen molar-refractivity contribution in [3.05, 3.63) is 41.0 Å². The standard InChI is InChI=1S/C18H22N4OS/c23-17(15-3-1-12-24-15)22-9-2-4-18(14-22)5-10-21(11-6-18)16-13-19-7-8-20-16/h1,3,7-8,12-13H,2,4-6,9-11,14H2. The van der Waals surface area contributed by atoms with Gasteiger partial charge in [-0.3, -0.25) is 9.78 Å². The average Bonchev–Trinajstić information content (AvgIpc) is 3.17. The fourth-order valence-corrected chi connectivity index (χ4v) is 4.70. The third-order valence-electron chi connectivity index (χ3n) is 5.38. The second-order valence-electron chi connectivity index (χ2n) is 6.86. The van der Waals surface area contributed by atoms with E-state index >= 15 is 0 Å². The van der Waals surface area contributed by atoms with Gasteiger partial charge in [-0.2, -0.15) is 0 Å². The first-order chi connectivity index (χ1) is 11.8. The maximum Gasteiger partial charge on any atom is 0.263 e. The van der Waals surface area contributed by atoms with Crippen molar-refractivity contribution in [1.29, 1.82) is 0 Å². The molecule has 0 N–H and O–H groups in total. The largest absolute Gasteiger partial charge is 0.355 e. The van der Waals surface area contributed by atoms with Crippen LogP contribution < -0.4 is 4.90 Å². The van der Waals surface area contributed by atoms with E-state index in [1.54, 1.807) is 23.7 Å². The topological polar surface area (TPSA) is 49.3 Å². The van der Waals surface area contributed by atoms with Crippen molar-refractivity contribution in [2.45, 2.75) is 25.7 Å². The van der Waals surface area contributed by atoms with E-state index < -0.39 is 0 Å². The molecule has 1 spiro atoms. The Bertz CT molecular complexity index is 680. The van der Waals surface area contributed by atoms with Crippen molar-refractivity contribution in [1.82, 2.24) is 14.9 Å². The zero-order valence-electron chi connectivity index (χ0n) is 13.7. The van der Waals surface area contributed by atoms with Crippen LogP contribution in [0, 0.1) is 5.41 Å². The molecule has 2 aromatic heterocycles. The van der Waals surface area contributed by atoms with Crippen LogP contribution in [-0.2, 0) is 0 Å². The predicted molar refractivity (Wildman–Crippen MR) is 95.4 cm³/mol. The highest BCUT2D eigenvalue weighted by Gasteiger charge is 2.40. The van der Waals surface area contributed by atoms with Gasteiger partial charge >= 0.3 is 0 Å². The Balaban J connectivity index is 1.42. The van der Waals surface area contributed by atoms with Gasteiger partial charge in [0.15, 0.2) is 0 Å². The smallest absolute Gasteiger partial charge is 0.263 e. The number of anilines is 1. The van der Waals surface area contributed by atoms with Crippen molar-refractivity contribution in [3.8, 4) is 0 Å². The van der Waals surface area contributed by atoms with E-state index in [1.165, 1.54) is 6.42 Å². The molecule has 6 heteroatoms. The molecule has 2 aliphatic rings. The van der Waals surface area contributed by atoms with Gasteiger partial charge in [0.05, 0.1) is 11.1 Å². The van der Waals surface area contributed by atoms with Gasteiger partial charge in [0.1, 0.15) is 5.82 Å². The quantitative estimate of drug-likeness (QED) is 0.842. The summed E-state index contributed by atoms with van der Waals surface area (Å²) < 4.78 is 0. The number of rotatable bonds is 2. The zero-order valence-corrected chi connectivity index (χ0v) is 14.5. The third kappa shape index (κ3) is 3.02. The minimum atomic E-state index is 0.209. The predicted octanol–water partition coefficient (Wildman–Crippen LogP) is 3.06. The van der Waals surface area contributed by atoms with Crippen LogP contribution in [0.1, 0.15) is 35.4 Å². The van der Waals surface area contributed by atoms with Crippen molar-refractivity contribution in [3.63, 3.8) is 0 Å². The summed E-state index contributed by atoms with van der Waals surface area (Å²) in [4.78, 5) is 26.5. The molecule has 24 heavy (non-hydrogen) atoms. The van der Waals surface area contributed by atoms with E-state index in [4.69, 9.17) is 0 Å². The first-order valence-corrected chi connectivity index (χ1v) is 9.48. The monoisotopic (exact) mass is 342 g/mol. The number of hydrogen-bond acceptors (Lipinski definition) is 5. The van der Waals surface area contributed by atoms with Crippen LogP contribution in [-0.4, -0.2) is 47.0 Å². The number of nitrogens with zero attached hydrogens (tertiary/aromatic N) is 4. The van der Waals surface area contributed by atoms with Crippen molar-refractivity contribution < 1.29 is 4.79 Å². The lowest BCUT2D eigenvalue weighted by Gasteiger charge is -2.47. The molecular weight excluding hydrogens is 320 g/mol. The Morgan fingerprint density at radius 1 is 1.17 bits per heavy atom. The molecule has 2 saturated heterocycles. The summed E-state index contributed by atoms with van der Waals surface area (Å²) in [5, 5.41) is 1.98. The van der Waals surface area contributed by atoms with E-state index in [9.17, 15) is 4.79 Å². The summed E-state index contributed by atoms with van der Waals surface area (Å²) in [5.41, 5.74) is 0.282. The Morgan fingerprint density at radius 2 is 2.04 bits per heavy atom. The van der Waals surface area contributed by atoms with Gasteiger partial charge in [0.2, 0.25) is 0 Å². The molecule has 0 unspecified atom stereocenters. The number of likely N-dealkylation sites (tertiary alicyclic amines) is 1. The van der Waals surface area contributed by atoms with Crippen LogP contribution in [0.2, 0.25) is 0 Å². The van der Waals surface area contributed by atoms with Gasteiger partial charge in [0, 0.05) is 38.6 Å². The molecule has 1 amide bonds. The van der Waals surface area contributed by atoms with Crippen LogP contribution in [0.25, 0.3) is 0 Å². The van der Waals surface area contributed by atoms with Crippen LogP contribution in [0.5, 0.6) is 0 Å². The molecular formula is C18H22N4OS. The van der Waals surface area contributed by atoms with Gasteiger partial charge < -0.3 is 9.80 Å². The Kier molecular flexibility index (Phi) is 4.22. The van der Waals surface area contributed by atoms with Crippen LogP contribution in [0.15, 0.2) is 36.1 Å². The van der Waals surface area contributed by atoms with E-state index in [0.29, 0.717) is 0 Å². The van der Waals surface area contributed by atoms with Gasteiger partial charge in [-0.1, -0.05) is 6.07 Å². The van der Waals surface area contributed by atoms with E-state index in [-0.39, 0.29) is 11.3 Å². The maximum absolute atomic E-state index is 12.7. The molecule has 0 aliphatic carbocycles. The third-order valence-corrected chi connectivity index (χ3v) is 6.24. The SMILES string of the molecule is O=C(c1cccs1)N1CCCC2(CCN(c3cnccn3)CC2)C1. The molecule has 0 bridgehead atoms. The normalized spacial score (nSPS) is 20.3. The summed E-state index contributed by atoms with van der Waals surface area (Å²) in [7, 11) is 0. The number of carbonyl (C=O) groups is 1. The molecule has 0 saturated carbocycles. The fraction of sp³-hybridized carbons (Fsp3) is 0.500. The summed E-state index contributed by atoms with van der Waals surface area (Å²) in [6.07, 6.45) is 9.89. The lowest BCUT2D eigenvalue weighted by molar-refractivity contribution is 0.0438.